The van der Waals surface area contributed by atoms with Gasteiger partial charge in [-0.2, -0.15) is 10.2 Å². The number of benzene rings is 3. The van der Waals surface area contributed by atoms with E-state index in [0.29, 0.717) is 11.1 Å². The Bertz CT molecular complexity index is 1310. The smallest absolute Gasteiger partial charge is 0.281 e. The van der Waals surface area contributed by atoms with Crippen LogP contribution in [-0.2, 0) is 10.4 Å². The fourth-order valence-electron chi connectivity index (χ4n) is 4.36. The van der Waals surface area contributed by atoms with E-state index in [9.17, 15) is 9.90 Å². The molecule has 5 rings (SSSR count). The van der Waals surface area contributed by atoms with Gasteiger partial charge in [0.15, 0.2) is 5.60 Å². The van der Waals surface area contributed by atoms with Gasteiger partial charge >= 0.3 is 0 Å². The predicted molar refractivity (Wildman–Crippen MR) is 124 cm³/mol. The maximum Gasteiger partial charge on any atom is 0.281 e. The summed E-state index contributed by atoms with van der Waals surface area (Å²) in [5.74, 6) is -0.600. The van der Waals surface area contributed by atoms with Crippen molar-refractivity contribution in [3.8, 4) is 16.8 Å². The van der Waals surface area contributed by atoms with Gasteiger partial charge in [-0.1, -0.05) is 66.7 Å². The minimum absolute atomic E-state index is 0.554. The molecule has 0 unspecified atom stereocenters. The van der Waals surface area contributed by atoms with Gasteiger partial charge in [0.05, 0.1) is 23.3 Å². The SMILES string of the molecule is Cc1nn(-c2ccccc2)c(C)c1/C=N\NC(=O)C1(O)c2ccccc2-c2ccccc21. The van der Waals surface area contributed by atoms with Crippen molar-refractivity contribution >= 4 is 12.1 Å². The summed E-state index contributed by atoms with van der Waals surface area (Å²) in [6, 6.07) is 24.6. The third kappa shape index (κ3) is 2.96. The summed E-state index contributed by atoms with van der Waals surface area (Å²) < 4.78 is 1.84. The molecule has 0 saturated carbocycles. The van der Waals surface area contributed by atoms with Gasteiger partial charge < -0.3 is 5.11 Å². The van der Waals surface area contributed by atoms with Crippen LogP contribution in [0.2, 0.25) is 0 Å². The normalized spacial score (nSPS) is 13.7. The minimum atomic E-state index is -1.80. The van der Waals surface area contributed by atoms with Crippen LogP contribution in [0.1, 0.15) is 28.1 Å². The van der Waals surface area contributed by atoms with Gasteiger partial charge in [0.25, 0.3) is 5.91 Å². The summed E-state index contributed by atoms with van der Waals surface area (Å²) in [6.45, 7) is 3.85. The van der Waals surface area contributed by atoms with Crippen LogP contribution >= 0.6 is 0 Å². The van der Waals surface area contributed by atoms with Crippen LogP contribution in [0.5, 0.6) is 0 Å². The molecular weight excluding hydrogens is 400 g/mol. The number of para-hydroxylation sites is 1. The Morgan fingerprint density at radius 3 is 2.12 bits per heavy atom. The number of amides is 1. The van der Waals surface area contributed by atoms with Crippen molar-refractivity contribution in [1.82, 2.24) is 15.2 Å². The topological polar surface area (TPSA) is 79.5 Å². The first-order chi connectivity index (χ1) is 15.5. The Hall–Kier alpha value is -4.03. The molecule has 1 aliphatic rings. The highest BCUT2D eigenvalue weighted by molar-refractivity contribution is 5.99. The maximum absolute atomic E-state index is 13.2. The first-order valence-electron chi connectivity index (χ1n) is 10.4. The number of hydrazone groups is 1. The number of aliphatic hydroxyl groups is 1. The molecule has 0 aliphatic heterocycles. The number of aryl methyl sites for hydroxylation is 1. The van der Waals surface area contributed by atoms with Gasteiger partial charge in [-0.25, -0.2) is 10.1 Å². The van der Waals surface area contributed by atoms with Crippen molar-refractivity contribution in [2.75, 3.05) is 0 Å². The number of aromatic nitrogens is 2. The van der Waals surface area contributed by atoms with Crippen LogP contribution in [0.4, 0.5) is 0 Å². The van der Waals surface area contributed by atoms with Crippen LogP contribution in [0.3, 0.4) is 0 Å². The molecule has 0 saturated heterocycles. The number of hydrogen-bond donors (Lipinski definition) is 2. The molecule has 0 fully saturated rings. The summed E-state index contributed by atoms with van der Waals surface area (Å²) in [5, 5.41) is 20.3. The molecule has 6 heteroatoms. The molecule has 1 amide bonds. The Labute approximate surface area is 185 Å². The van der Waals surface area contributed by atoms with Crippen molar-refractivity contribution in [1.29, 1.82) is 0 Å². The average Bonchev–Trinajstić information content (AvgIpc) is 3.27. The second-order valence-electron chi connectivity index (χ2n) is 7.83. The molecule has 32 heavy (non-hydrogen) atoms. The van der Waals surface area contributed by atoms with E-state index in [-0.39, 0.29) is 0 Å². The highest BCUT2D eigenvalue weighted by Gasteiger charge is 2.47. The van der Waals surface area contributed by atoms with Crippen molar-refractivity contribution in [2.45, 2.75) is 19.4 Å². The third-order valence-electron chi connectivity index (χ3n) is 5.96. The Morgan fingerprint density at radius 2 is 1.50 bits per heavy atom. The quantitative estimate of drug-likeness (QED) is 0.387. The average molecular weight is 422 g/mol. The first-order valence-corrected chi connectivity index (χ1v) is 10.4. The van der Waals surface area contributed by atoms with E-state index >= 15 is 0 Å². The predicted octanol–water partition coefficient (Wildman–Crippen LogP) is 3.86. The number of rotatable bonds is 4. The van der Waals surface area contributed by atoms with E-state index < -0.39 is 11.5 Å². The maximum atomic E-state index is 13.2. The van der Waals surface area contributed by atoms with E-state index in [4.69, 9.17) is 0 Å². The third-order valence-corrected chi connectivity index (χ3v) is 5.96. The zero-order valence-corrected chi connectivity index (χ0v) is 17.8. The van der Waals surface area contributed by atoms with Crippen LogP contribution < -0.4 is 5.43 Å². The van der Waals surface area contributed by atoms with E-state index in [2.05, 4.69) is 15.6 Å². The van der Waals surface area contributed by atoms with Gasteiger partial charge in [-0.15, -0.1) is 0 Å². The standard InChI is InChI=1S/C26H22N4O2/c1-17-22(18(2)30(29-17)19-10-4-3-5-11-19)16-27-28-25(31)26(32)23-14-8-6-12-20(23)21-13-7-9-15-24(21)26/h3-16,32H,1-2H3,(H,28,31)/b27-16-. The number of hydrogen-bond acceptors (Lipinski definition) is 4. The largest absolute Gasteiger partial charge is 0.372 e. The van der Waals surface area contributed by atoms with Crippen LogP contribution in [0, 0.1) is 13.8 Å². The van der Waals surface area contributed by atoms with Gasteiger partial charge in [-0.3, -0.25) is 4.79 Å². The summed E-state index contributed by atoms with van der Waals surface area (Å²) >= 11 is 0. The van der Waals surface area contributed by atoms with Gasteiger partial charge in [0.1, 0.15) is 0 Å². The molecule has 1 heterocycles. The number of carbonyl (C=O) groups is 1. The Balaban J connectivity index is 1.44. The molecule has 0 radical (unpaired) electrons. The second-order valence-corrected chi connectivity index (χ2v) is 7.83. The van der Waals surface area contributed by atoms with Crippen molar-refractivity contribution in [2.24, 2.45) is 5.10 Å². The number of nitrogens with one attached hydrogen (secondary N) is 1. The van der Waals surface area contributed by atoms with E-state index in [1.165, 1.54) is 0 Å². The fraction of sp³-hybridized carbons (Fsp3) is 0.115. The van der Waals surface area contributed by atoms with Crippen LogP contribution in [0.25, 0.3) is 16.8 Å². The minimum Gasteiger partial charge on any atom is -0.372 e. The second kappa shape index (κ2) is 7.59. The monoisotopic (exact) mass is 422 g/mol. The molecule has 6 nitrogen and oxygen atoms in total. The number of fused-ring (bicyclic) bond motifs is 3. The van der Waals surface area contributed by atoms with Crippen molar-refractivity contribution in [3.05, 3.63) is 107 Å². The lowest BCUT2D eigenvalue weighted by molar-refractivity contribution is -0.136. The molecule has 158 valence electrons. The summed E-state index contributed by atoms with van der Waals surface area (Å²) in [7, 11) is 0. The van der Waals surface area contributed by atoms with E-state index in [1.807, 2.05) is 85.3 Å². The highest BCUT2D eigenvalue weighted by atomic mass is 16.3. The summed E-state index contributed by atoms with van der Waals surface area (Å²) in [6.07, 6.45) is 1.57. The zero-order valence-electron chi connectivity index (χ0n) is 17.8. The molecule has 0 bridgehead atoms. The van der Waals surface area contributed by atoms with Crippen molar-refractivity contribution in [3.63, 3.8) is 0 Å². The molecule has 0 spiro atoms. The van der Waals surface area contributed by atoms with Crippen LogP contribution in [0.15, 0.2) is 84.0 Å². The fourth-order valence-corrected chi connectivity index (χ4v) is 4.36. The van der Waals surface area contributed by atoms with Gasteiger partial charge in [0.2, 0.25) is 0 Å². The molecule has 4 aromatic rings. The molecule has 1 aliphatic carbocycles. The van der Waals surface area contributed by atoms with E-state index in [0.717, 1.165) is 33.8 Å². The lowest BCUT2D eigenvalue weighted by Gasteiger charge is -2.23. The van der Waals surface area contributed by atoms with Gasteiger partial charge in [0, 0.05) is 16.7 Å². The highest BCUT2D eigenvalue weighted by Crippen LogP contribution is 2.47. The van der Waals surface area contributed by atoms with Crippen molar-refractivity contribution < 1.29 is 9.90 Å². The Kier molecular flexibility index (Phi) is 4.72. The molecule has 1 aromatic heterocycles. The number of nitrogens with zero attached hydrogens (tertiary/aromatic N) is 3. The summed E-state index contributed by atoms with van der Waals surface area (Å²) in [5.41, 5.74) is 7.00. The van der Waals surface area contributed by atoms with Crippen LogP contribution in [-0.4, -0.2) is 27.0 Å². The molecule has 2 N–H and O–H groups in total. The molecular formula is C26H22N4O2. The van der Waals surface area contributed by atoms with Gasteiger partial charge in [-0.05, 0) is 37.1 Å². The zero-order chi connectivity index (χ0) is 22.3. The molecule has 3 aromatic carbocycles. The first kappa shape index (κ1) is 19.9. The lowest BCUT2D eigenvalue weighted by atomic mass is 9.91. The lowest BCUT2D eigenvalue weighted by Crippen LogP contribution is -2.42. The number of carbonyl (C=O) groups excluding carboxylic acids is 1. The summed E-state index contributed by atoms with van der Waals surface area (Å²) in [4.78, 5) is 13.2. The Morgan fingerprint density at radius 1 is 0.938 bits per heavy atom. The molecule has 0 atom stereocenters. The van der Waals surface area contributed by atoms with E-state index in [1.54, 1.807) is 18.3 Å².